The van der Waals surface area contributed by atoms with Gasteiger partial charge in [0.05, 0.1) is 9.35 Å². The van der Waals surface area contributed by atoms with Crippen molar-refractivity contribution in [3.05, 3.63) is 0 Å². The zero-order chi connectivity index (χ0) is 12.4. The Balaban J connectivity index is 5.04. The maximum absolute atomic E-state index is 10.4. The molecule has 6 heteroatoms. The van der Waals surface area contributed by atoms with E-state index in [4.69, 9.17) is 29.6 Å². The third kappa shape index (κ3) is 2.84. The van der Waals surface area contributed by atoms with Gasteiger partial charge in [0.1, 0.15) is 25.7 Å². The fraction of sp³-hybridized carbons (Fsp3) is 0.833. The van der Waals surface area contributed by atoms with Crippen LogP contribution in [0.15, 0.2) is 0 Å². The molecule has 72 valence electrons. The average molecular weight is 183 g/mol. The van der Waals surface area contributed by atoms with E-state index in [0.29, 0.717) is 0 Å². The van der Waals surface area contributed by atoms with Crippen molar-refractivity contribution in [3.63, 3.8) is 0 Å². The van der Waals surface area contributed by atoms with Gasteiger partial charge in [-0.15, -0.1) is 0 Å². The maximum Gasteiger partial charge on any atom is 0.151 e. The first-order chi connectivity index (χ1) is 6.59. The first-order valence-electron chi connectivity index (χ1n) is 4.51. The van der Waals surface area contributed by atoms with Crippen LogP contribution >= 0.6 is 0 Å². The van der Waals surface area contributed by atoms with Gasteiger partial charge in [-0.05, 0) is 0 Å². The minimum absolute atomic E-state index is 1.05. The lowest BCUT2D eigenvalue weighted by atomic mass is 10.0. The maximum atomic E-state index is 10.4. The molecule has 0 spiro atoms. The van der Waals surface area contributed by atoms with Gasteiger partial charge >= 0.3 is 0 Å². The highest BCUT2D eigenvalue weighted by Gasteiger charge is 2.29. The Morgan fingerprint density at radius 1 is 1.42 bits per heavy atom. The second-order valence-electron chi connectivity index (χ2n) is 2.03. The molecule has 0 aliphatic carbocycles. The van der Waals surface area contributed by atoms with Crippen molar-refractivity contribution in [3.8, 4) is 0 Å². The molecule has 0 radical (unpaired) electrons. The number of hydrogen-bond acceptors (Lipinski definition) is 6. The number of hydrogen-bond donors (Lipinski definition) is 5. The van der Waals surface area contributed by atoms with Crippen LogP contribution in [0.2, 0.25) is 0 Å². The summed E-state index contributed by atoms with van der Waals surface area (Å²) in [5.74, 6) is 0. The Hall–Kier alpha value is -0.530. The Labute approximate surface area is 72.9 Å². The summed E-state index contributed by atoms with van der Waals surface area (Å²) in [5.41, 5.74) is 0. The summed E-state index contributed by atoms with van der Waals surface area (Å²) in [6.45, 7) is -1.05. The standard InChI is InChI=1S/C6H12O6/c7-1-3(9)5(11)6(12)4(10)2-8/h1,3-6,8-12H,2H2/t3-,4+,5+,6+/m0/s1/i1D,3D,5D. The van der Waals surface area contributed by atoms with Gasteiger partial charge in [0, 0.05) is 0 Å². The van der Waals surface area contributed by atoms with E-state index in [-0.39, 0.29) is 0 Å². The summed E-state index contributed by atoms with van der Waals surface area (Å²) in [4.78, 5) is 10.4. The first-order valence-corrected chi connectivity index (χ1v) is 3.01. The van der Waals surface area contributed by atoms with Crippen LogP contribution in [0, 0.1) is 0 Å². The highest BCUT2D eigenvalue weighted by molar-refractivity contribution is 5.56. The zero-order valence-electron chi connectivity index (χ0n) is 9.01. The third-order valence-corrected chi connectivity index (χ3v) is 1.17. The van der Waals surface area contributed by atoms with Crippen LogP contribution in [0.4, 0.5) is 0 Å². The minimum Gasteiger partial charge on any atom is -0.394 e. The van der Waals surface area contributed by atoms with Crippen molar-refractivity contribution in [2.75, 3.05) is 6.61 Å². The smallest absolute Gasteiger partial charge is 0.151 e. The summed E-state index contributed by atoms with van der Waals surface area (Å²) >= 11 is 0. The SMILES string of the molecule is [2H]C(=O)[C@]([2H])(O)[C@@]([2H])(O)[C@H](O)[C@H](O)CO. The largest absolute Gasteiger partial charge is 0.394 e. The quantitative estimate of drug-likeness (QED) is 0.284. The molecule has 0 amide bonds. The topological polar surface area (TPSA) is 118 Å². The molecule has 0 aromatic rings. The predicted molar refractivity (Wildman–Crippen MR) is 37.2 cm³/mol. The second kappa shape index (κ2) is 5.18. The highest BCUT2D eigenvalue weighted by Crippen LogP contribution is 2.02. The zero-order valence-corrected chi connectivity index (χ0v) is 6.01. The summed E-state index contributed by atoms with van der Waals surface area (Å²) in [6, 6.07) is 0. The van der Waals surface area contributed by atoms with Crippen LogP contribution in [0.3, 0.4) is 0 Å². The molecule has 0 aliphatic rings. The van der Waals surface area contributed by atoms with Crippen LogP contribution in [0.5, 0.6) is 0 Å². The average Bonchev–Trinajstić information content (AvgIpc) is 2.14. The van der Waals surface area contributed by atoms with Crippen molar-refractivity contribution in [2.45, 2.75) is 24.4 Å². The van der Waals surface area contributed by atoms with Gasteiger partial charge in [0.25, 0.3) is 0 Å². The van der Waals surface area contributed by atoms with Crippen molar-refractivity contribution in [1.82, 2.24) is 0 Å². The molecule has 0 rings (SSSR count). The lowest BCUT2D eigenvalue weighted by Gasteiger charge is -2.22. The van der Waals surface area contributed by atoms with Gasteiger partial charge in [0.2, 0.25) is 0 Å². The number of aliphatic hydroxyl groups is 5. The third-order valence-electron chi connectivity index (χ3n) is 1.17. The summed E-state index contributed by atoms with van der Waals surface area (Å²) in [5, 5.41) is 44.4. The van der Waals surface area contributed by atoms with Gasteiger partial charge < -0.3 is 30.3 Å². The van der Waals surface area contributed by atoms with Crippen molar-refractivity contribution < 1.29 is 34.4 Å². The molecule has 0 aliphatic heterocycles. The van der Waals surface area contributed by atoms with Gasteiger partial charge in [-0.3, -0.25) is 0 Å². The van der Waals surface area contributed by atoms with Crippen LogP contribution in [0.25, 0.3) is 0 Å². The number of carbonyl (C=O) groups is 1. The molecule has 0 heterocycles. The fourth-order valence-corrected chi connectivity index (χ4v) is 0.474. The normalized spacial score (nSPS) is 29.9. The van der Waals surface area contributed by atoms with Crippen LogP contribution < -0.4 is 0 Å². The number of aliphatic hydroxyl groups excluding tert-OH is 3. The van der Waals surface area contributed by atoms with Gasteiger partial charge in [0.15, 0.2) is 6.26 Å². The Morgan fingerprint density at radius 3 is 2.25 bits per heavy atom. The van der Waals surface area contributed by atoms with Crippen LogP contribution in [-0.2, 0) is 4.79 Å². The van der Waals surface area contributed by atoms with Crippen LogP contribution in [0.1, 0.15) is 4.11 Å². The van der Waals surface area contributed by atoms with E-state index in [2.05, 4.69) is 0 Å². The lowest BCUT2D eigenvalue weighted by Crippen LogP contribution is -2.46. The number of aldehydes is 1. The van der Waals surface area contributed by atoms with E-state index in [1.807, 2.05) is 0 Å². The van der Waals surface area contributed by atoms with E-state index in [1.165, 1.54) is 0 Å². The molecule has 12 heavy (non-hydrogen) atoms. The molecule has 4 atom stereocenters. The molecule has 0 saturated heterocycles. The monoisotopic (exact) mass is 183 g/mol. The minimum atomic E-state index is -3.62. The van der Waals surface area contributed by atoms with E-state index < -0.39 is 37.2 Å². The molecular weight excluding hydrogens is 168 g/mol. The molecular formula is C6H12O6. The molecule has 0 fully saturated rings. The number of rotatable bonds is 5. The Bertz CT molecular complexity index is 243. The van der Waals surface area contributed by atoms with E-state index in [9.17, 15) is 4.79 Å². The molecule has 0 bridgehead atoms. The lowest BCUT2D eigenvalue weighted by molar-refractivity contribution is -0.136. The number of carbonyl (C=O) groups excluding carboxylic acids is 1. The van der Waals surface area contributed by atoms with Crippen molar-refractivity contribution >= 4 is 6.26 Å². The van der Waals surface area contributed by atoms with Crippen LogP contribution in [-0.4, -0.2) is 62.8 Å². The van der Waals surface area contributed by atoms with Crippen molar-refractivity contribution in [2.24, 2.45) is 0 Å². The summed E-state index contributed by atoms with van der Waals surface area (Å²) in [6.07, 6.45) is -13.7. The molecule has 0 aromatic carbocycles. The Morgan fingerprint density at radius 2 is 1.92 bits per heavy atom. The second-order valence-corrected chi connectivity index (χ2v) is 2.03. The van der Waals surface area contributed by atoms with Crippen molar-refractivity contribution in [1.29, 1.82) is 0 Å². The van der Waals surface area contributed by atoms with E-state index in [0.717, 1.165) is 0 Å². The van der Waals surface area contributed by atoms with E-state index >= 15 is 0 Å². The summed E-state index contributed by atoms with van der Waals surface area (Å²) < 4.78 is 20.2. The molecule has 0 unspecified atom stereocenters. The summed E-state index contributed by atoms with van der Waals surface area (Å²) in [7, 11) is 0. The highest BCUT2D eigenvalue weighted by atomic mass is 16.4. The Kier molecular flexibility index (Phi) is 2.99. The molecule has 6 nitrogen and oxygen atoms in total. The fourth-order valence-electron chi connectivity index (χ4n) is 0.474. The molecule has 5 N–H and O–H groups in total. The van der Waals surface area contributed by atoms with E-state index in [1.54, 1.807) is 0 Å². The van der Waals surface area contributed by atoms with Gasteiger partial charge in [-0.25, -0.2) is 0 Å². The molecule has 0 saturated carbocycles. The van der Waals surface area contributed by atoms with Gasteiger partial charge in [-0.2, -0.15) is 0 Å². The molecule has 0 aromatic heterocycles. The predicted octanol–water partition coefficient (Wildman–Crippen LogP) is -3.38. The first kappa shape index (κ1) is 6.93. The van der Waals surface area contributed by atoms with Gasteiger partial charge in [-0.1, -0.05) is 0 Å².